The number of rotatable bonds is 2. The molecule has 3 heterocycles. The van der Waals surface area contributed by atoms with Crippen molar-refractivity contribution in [3.63, 3.8) is 0 Å². The number of alkyl halides is 3. The average Bonchev–Trinajstić information content (AvgIpc) is 3.20. The number of nitrogens with zero attached hydrogens (tertiary/aromatic N) is 4. The lowest BCUT2D eigenvalue weighted by molar-refractivity contribution is -0.802. The zero-order valence-electron chi connectivity index (χ0n) is 12.6. The predicted molar refractivity (Wildman–Crippen MR) is 85.0 cm³/mol. The minimum atomic E-state index is -4.44. The van der Waals surface area contributed by atoms with E-state index in [9.17, 15) is 13.2 Å². The number of amidine groups is 2. The number of hydrogen-bond donors (Lipinski definition) is 1. The molecule has 0 amide bonds. The van der Waals surface area contributed by atoms with Crippen molar-refractivity contribution in [2.75, 3.05) is 0 Å². The average molecular weight is 346 g/mol. The Labute approximate surface area is 139 Å². The van der Waals surface area contributed by atoms with Crippen molar-refractivity contribution in [3.8, 4) is 0 Å². The van der Waals surface area contributed by atoms with E-state index in [4.69, 9.17) is 10.3 Å². The molecule has 25 heavy (non-hydrogen) atoms. The predicted octanol–water partition coefficient (Wildman–Crippen LogP) is 3.15. The van der Waals surface area contributed by atoms with Crippen molar-refractivity contribution in [2.24, 2.45) is 20.9 Å². The molecular weight excluding hydrogens is 335 g/mol. The highest BCUT2D eigenvalue weighted by Crippen LogP contribution is 2.32. The first kappa shape index (κ1) is 15.5. The summed E-state index contributed by atoms with van der Waals surface area (Å²) >= 11 is 0. The first-order valence-electron chi connectivity index (χ1n) is 7.20. The highest BCUT2D eigenvalue weighted by molar-refractivity contribution is 6.32. The molecular formula is C16H11F3N5O+. The minimum Gasteiger partial charge on any atom is -0.461 e. The Kier molecular flexibility index (Phi) is 3.24. The number of halogens is 3. The maximum Gasteiger partial charge on any atom is 0.416 e. The Morgan fingerprint density at radius 2 is 1.96 bits per heavy atom. The molecule has 4 rings (SSSR count). The molecule has 126 valence electrons. The van der Waals surface area contributed by atoms with Gasteiger partial charge in [0, 0.05) is 5.56 Å². The Morgan fingerprint density at radius 3 is 2.68 bits per heavy atom. The van der Waals surface area contributed by atoms with Gasteiger partial charge in [-0.05, 0) is 34.1 Å². The Balaban J connectivity index is 1.73. The van der Waals surface area contributed by atoms with Gasteiger partial charge >= 0.3 is 6.18 Å². The second-order valence-electron chi connectivity index (χ2n) is 5.46. The number of nitrogens with two attached hydrogens (primary N) is 1. The number of furan rings is 1. The van der Waals surface area contributed by atoms with Crippen LogP contribution in [-0.2, 0) is 6.18 Å². The molecule has 0 aliphatic carbocycles. The molecule has 6 nitrogen and oxygen atoms in total. The fourth-order valence-corrected chi connectivity index (χ4v) is 2.50. The van der Waals surface area contributed by atoms with Crippen LogP contribution in [0.2, 0.25) is 0 Å². The monoisotopic (exact) mass is 346 g/mol. The summed E-state index contributed by atoms with van der Waals surface area (Å²) in [6, 6.07) is 8.24. The van der Waals surface area contributed by atoms with Crippen molar-refractivity contribution in [1.82, 2.24) is 0 Å². The van der Waals surface area contributed by atoms with Crippen molar-refractivity contribution in [3.05, 3.63) is 65.7 Å². The van der Waals surface area contributed by atoms with Gasteiger partial charge in [-0.2, -0.15) is 18.2 Å². The summed E-state index contributed by atoms with van der Waals surface area (Å²) in [5.74, 6) is 7.26. The molecule has 1 unspecified atom stereocenters. The van der Waals surface area contributed by atoms with E-state index in [2.05, 4.69) is 15.1 Å². The van der Waals surface area contributed by atoms with Crippen molar-refractivity contribution >= 4 is 23.6 Å². The molecule has 1 atom stereocenters. The van der Waals surface area contributed by atoms with E-state index in [1.807, 2.05) is 0 Å². The topological polar surface area (TPSA) is 76.2 Å². The van der Waals surface area contributed by atoms with Gasteiger partial charge in [0.2, 0.25) is 0 Å². The molecule has 0 saturated heterocycles. The number of quaternary nitrogens is 1. The van der Waals surface area contributed by atoms with E-state index in [0.29, 0.717) is 11.6 Å². The van der Waals surface area contributed by atoms with Crippen molar-refractivity contribution < 1.29 is 22.3 Å². The fourth-order valence-electron chi connectivity index (χ4n) is 2.50. The highest BCUT2D eigenvalue weighted by Gasteiger charge is 2.40. The normalized spacial score (nSPS) is 22.3. The fraction of sp³-hybridized carbons (Fsp3) is 0.0625. The third-order valence-electron chi connectivity index (χ3n) is 3.71. The lowest BCUT2D eigenvalue weighted by Crippen LogP contribution is -2.50. The van der Waals surface area contributed by atoms with Gasteiger partial charge in [0.05, 0.1) is 11.8 Å². The smallest absolute Gasteiger partial charge is 0.416 e. The Morgan fingerprint density at radius 1 is 1.12 bits per heavy atom. The quantitative estimate of drug-likeness (QED) is 0.670. The van der Waals surface area contributed by atoms with Gasteiger partial charge < -0.3 is 4.42 Å². The van der Waals surface area contributed by atoms with Gasteiger partial charge in [-0.3, -0.25) is 0 Å². The summed E-state index contributed by atoms with van der Waals surface area (Å²) in [5, 5.41) is 4.28. The van der Waals surface area contributed by atoms with Crippen LogP contribution in [0.4, 0.5) is 13.2 Å². The van der Waals surface area contributed by atoms with Crippen LogP contribution in [0.1, 0.15) is 16.9 Å². The van der Waals surface area contributed by atoms with E-state index >= 15 is 0 Å². The number of benzene rings is 1. The molecule has 2 N–H and O–H groups in total. The summed E-state index contributed by atoms with van der Waals surface area (Å²) in [6.45, 7) is 0. The van der Waals surface area contributed by atoms with Crippen LogP contribution in [0.5, 0.6) is 0 Å². The SMILES string of the molecule is N[N+]12C=C(c3cccc(C(F)(F)F)c3)N=CC1=NC(c1ccco1)=N2. The molecule has 9 heteroatoms. The zero-order chi connectivity index (χ0) is 17.7. The van der Waals surface area contributed by atoms with Crippen LogP contribution in [0.3, 0.4) is 0 Å². The molecule has 1 aromatic carbocycles. The van der Waals surface area contributed by atoms with E-state index in [0.717, 1.165) is 12.1 Å². The molecule has 2 aliphatic rings. The van der Waals surface area contributed by atoms with Gasteiger partial charge in [-0.25, -0.2) is 4.99 Å². The number of hydrogen-bond acceptors (Lipinski definition) is 5. The standard InChI is InChI=1S/C16H11F3N5O/c17-16(18,19)11-4-1-3-10(7-11)12-9-24(20)14(8-21-12)22-15(23-24)13-5-2-6-25-13/h1-9H,20H2/q+1. The van der Waals surface area contributed by atoms with Crippen LogP contribution >= 0.6 is 0 Å². The Bertz CT molecular complexity index is 956. The maximum atomic E-state index is 12.9. The van der Waals surface area contributed by atoms with Crippen molar-refractivity contribution in [1.29, 1.82) is 0 Å². The molecule has 2 aliphatic heterocycles. The minimum absolute atomic E-state index is 0.275. The molecule has 0 spiro atoms. The van der Waals surface area contributed by atoms with Gasteiger partial charge in [-0.15, -0.1) is 5.84 Å². The van der Waals surface area contributed by atoms with Gasteiger partial charge in [-0.1, -0.05) is 12.1 Å². The summed E-state index contributed by atoms with van der Waals surface area (Å²) in [4.78, 5) is 8.42. The van der Waals surface area contributed by atoms with Gasteiger partial charge in [0.15, 0.2) is 12.0 Å². The second-order valence-corrected chi connectivity index (χ2v) is 5.46. The van der Waals surface area contributed by atoms with Crippen LogP contribution < -0.4 is 5.84 Å². The van der Waals surface area contributed by atoms with Gasteiger partial charge in [0.1, 0.15) is 11.9 Å². The first-order chi connectivity index (χ1) is 11.9. The molecule has 0 bridgehead atoms. The number of fused-ring (bicyclic) bond motifs is 1. The van der Waals surface area contributed by atoms with Crippen LogP contribution in [0.25, 0.3) is 5.70 Å². The molecule has 1 aromatic heterocycles. The van der Waals surface area contributed by atoms with Gasteiger partial charge in [0.25, 0.3) is 11.7 Å². The maximum absolute atomic E-state index is 12.9. The van der Waals surface area contributed by atoms with E-state index < -0.39 is 16.4 Å². The van der Waals surface area contributed by atoms with Crippen LogP contribution in [-0.4, -0.2) is 22.6 Å². The third kappa shape index (κ3) is 2.69. The molecule has 0 fully saturated rings. The van der Waals surface area contributed by atoms with E-state index in [1.165, 1.54) is 30.8 Å². The van der Waals surface area contributed by atoms with Crippen LogP contribution in [0.15, 0.2) is 68.4 Å². The molecule has 0 radical (unpaired) electrons. The number of aliphatic imine (C=N–C) groups is 2. The van der Waals surface area contributed by atoms with Crippen molar-refractivity contribution in [2.45, 2.75) is 6.18 Å². The van der Waals surface area contributed by atoms with E-state index in [-0.39, 0.29) is 17.1 Å². The summed E-state index contributed by atoms with van der Waals surface area (Å²) < 4.78 is 43.4. The zero-order valence-corrected chi connectivity index (χ0v) is 12.6. The second kappa shape index (κ2) is 5.23. The van der Waals surface area contributed by atoms with Crippen LogP contribution in [0, 0.1) is 0 Å². The first-order valence-corrected chi connectivity index (χ1v) is 7.20. The summed E-state index contributed by atoms with van der Waals surface area (Å²) in [6.07, 6.45) is -0.137. The lowest BCUT2D eigenvalue weighted by atomic mass is 10.1. The lowest BCUT2D eigenvalue weighted by Gasteiger charge is -2.20. The summed E-state index contributed by atoms with van der Waals surface area (Å²) in [7, 11) is 0. The summed E-state index contributed by atoms with van der Waals surface area (Å²) in [5.41, 5.74) is -0.197. The molecule has 2 aromatic rings. The highest BCUT2D eigenvalue weighted by atomic mass is 19.4. The third-order valence-corrected chi connectivity index (χ3v) is 3.71. The largest absolute Gasteiger partial charge is 0.461 e. The van der Waals surface area contributed by atoms with E-state index in [1.54, 1.807) is 12.1 Å². The Hall–Kier alpha value is -3.04. The molecule has 0 saturated carbocycles.